The van der Waals surface area contributed by atoms with Crippen molar-refractivity contribution in [3.05, 3.63) is 53.9 Å². The molecule has 10 heteroatoms. The highest BCUT2D eigenvalue weighted by Gasteiger charge is 2.18. The van der Waals surface area contributed by atoms with E-state index >= 15 is 0 Å². The number of aromatic nitrogens is 8. The molecular weight excluding hydrogens is 322 g/mol. The van der Waals surface area contributed by atoms with Crippen LogP contribution in [0.5, 0.6) is 0 Å². The molecule has 0 fully saturated rings. The fraction of sp³-hybridized carbons (Fsp3) is 0.133. The van der Waals surface area contributed by atoms with Crippen LogP contribution in [0.2, 0.25) is 0 Å². The molecule has 0 saturated heterocycles. The summed E-state index contributed by atoms with van der Waals surface area (Å²) in [4.78, 5) is 16.5. The lowest BCUT2D eigenvalue weighted by Gasteiger charge is -2.07. The maximum Gasteiger partial charge on any atom is 0.274 e. The molecule has 0 atom stereocenters. The van der Waals surface area contributed by atoms with E-state index in [-0.39, 0.29) is 18.1 Å². The fourth-order valence-electron chi connectivity index (χ4n) is 2.56. The molecule has 0 saturated carbocycles. The third kappa shape index (κ3) is 2.69. The minimum absolute atomic E-state index is 0.154. The maximum absolute atomic E-state index is 12.3. The smallest absolute Gasteiger partial charge is 0.274 e. The van der Waals surface area contributed by atoms with Crippen LogP contribution < -0.4 is 5.32 Å². The first kappa shape index (κ1) is 14.9. The second kappa shape index (κ2) is 6.07. The number of benzene rings is 1. The number of carbonyl (C=O) groups is 1. The van der Waals surface area contributed by atoms with Gasteiger partial charge in [0.25, 0.3) is 5.91 Å². The number of tetrazole rings is 1. The van der Waals surface area contributed by atoms with E-state index in [1.54, 1.807) is 24.0 Å². The van der Waals surface area contributed by atoms with Gasteiger partial charge in [0.1, 0.15) is 0 Å². The number of fused-ring (bicyclic) bond motifs is 1. The Balaban J connectivity index is 1.65. The van der Waals surface area contributed by atoms with Crippen LogP contribution in [-0.2, 0) is 6.54 Å². The molecular formula is C15H13N9O. The fourth-order valence-corrected chi connectivity index (χ4v) is 2.56. The molecule has 1 aromatic carbocycles. The van der Waals surface area contributed by atoms with Crippen LogP contribution in [0.25, 0.3) is 16.5 Å². The summed E-state index contributed by atoms with van der Waals surface area (Å²) in [6, 6.07) is 7.71. The summed E-state index contributed by atoms with van der Waals surface area (Å²) in [7, 11) is 0. The Bertz CT molecular complexity index is 1030. The highest BCUT2D eigenvalue weighted by atomic mass is 16.2. The third-order valence-corrected chi connectivity index (χ3v) is 3.79. The SMILES string of the molecule is Cc1c(C(=O)NCc2nn[nH]n2)nnn1-c1cccc2cnccc12. The van der Waals surface area contributed by atoms with Crippen LogP contribution in [-0.4, -0.2) is 46.5 Å². The number of carbonyl (C=O) groups excluding carboxylic acids is 1. The summed E-state index contributed by atoms with van der Waals surface area (Å²) < 4.78 is 1.64. The van der Waals surface area contributed by atoms with E-state index in [4.69, 9.17) is 0 Å². The van der Waals surface area contributed by atoms with Gasteiger partial charge in [-0.15, -0.1) is 15.3 Å². The summed E-state index contributed by atoms with van der Waals surface area (Å²) in [5.74, 6) is 0.0374. The van der Waals surface area contributed by atoms with Crippen LogP contribution in [0.3, 0.4) is 0 Å². The van der Waals surface area contributed by atoms with Crippen LogP contribution >= 0.6 is 0 Å². The van der Waals surface area contributed by atoms with Crippen molar-refractivity contribution in [3.63, 3.8) is 0 Å². The first-order valence-electron chi connectivity index (χ1n) is 7.50. The first-order chi connectivity index (χ1) is 12.2. The minimum atomic E-state index is -0.351. The standard InChI is InChI=1S/C15H13N9O/c1-9-14(15(25)17-8-13-18-21-22-19-13)20-23-24(9)12-4-2-3-10-7-16-6-5-11(10)12/h2-7H,8H2,1H3,(H,17,25)(H,18,19,21,22). The molecule has 4 aromatic rings. The van der Waals surface area contributed by atoms with Crippen LogP contribution in [0, 0.1) is 6.92 Å². The Morgan fingerprint density at radius 2 is 2.20 bits per heavy atom. The van der Waals surface area contributed by atoms with Gasteiger partial charge in [0.15, 0.2) is 11.5 Å². The topological polar surface area (TPSA) is 127 Å². The van der Waals surface area contributed by atoms with Gasteiger partial charge < -0.3 is 5.32 Å². The number of nitrogens with one attached hydrogen (secondary N) is 2. The van der Waals surface area contributed by atoms with Gasteiger partial charge in [-0.3, -0.25) is 9.78 Å². The number of aromatic amines is 1. The Morgan fingerprint density at radius 3 is 3.04 bits per heavy atom. The molecule has 0 aliphatic heterocycles. The molecule has 2 N–H and O–H groups in total. The monoisotopic (exact) mass is 335 g/mol. The lowest BCUT2D eigenvalue weighted by molar-refractivity contribution is 0.0944. The second-order valence-electron chi connectivity index (χ2n) is 5.32. The van der Waals surface area contributed by atoms with Crippen molar-refractivity contribution in [2.45, 2.75) is 13.5 Å². The molecule has 3 aromatic heterocycles. The number of hydrogen-bond donors (Lipinski definition) is 2. The van der Waals surface area contributed by atoms with Gasteiger partial charge >= 0.3 is 0 Å². The second-order valence-corrected chi connectivity index (χ2v) is 5.32. The number of nitrogens with zero attached hydrogens (tertiary/aromatic N) is 7. The summed E-state index contributed by atoms with van der Waals surface area (Å²) >= 11 is 0. The van der Waals surface area contributed by atoms with Crippen molar-refractivity contribution in [2.24, 2.45) is 0 Å². The van der Waals surface area contributed by atoms with Crippen molar-refractivity contribution in [3.8, 4) is 5.69 Å². The predicted octanol–water partition coefficient (Wildman–Crippen LogP) is 0.567. The molecule has 0 radical (unpaired) electrons. The van der Waals surface area contributed by atoms with Crippen molar-refractivity contribution < 1.29 is 4.79 Å². The third-order valence-electron chi connectivity index (χ3n) is 3.79. The average Bonchev–Trinajstić information content (AvgIpc) is 3.29. The molecule has 0 spiro atoms. The quantitative estimate of drug-likeness (QED) is 0.558. The van der Waals surface area contributed by atoms with E-state index < -0.39 is 0 Å². The summed E-state index contributed by atoms with van der Waals surface area (Å²) in [5, 5.41) is 26.1. The highest BCUT2D eigenvalue weighted by Crippen LogP contribution is 2.22. The Kier molecular flexibility index (Phi) is 3.61. The molecule has 25 heavy (non-hydrogen) atoms. The van der Waals surface area contributed by atoms with Crippen molar-refractivity contribution in [1.82, 2.24) is 45.9 Å². The lowest BCUT2D eigenvalue weighted by atomic mass is 10.1. The molecule has 3 heterocycles. The summed E-state index contributed by atoms with van der Waals surface area (Å²) in [5.41, 5.74) is 1.71. The number of H-pyrrole nitrogens is 1. The van der Waals surface area contributed by atoms with E-state index in [1.807, 2.05) is 24.3 Å². The van der Waals surface area contributed by atoms with Gasteiger partial charge in [-0.05, 0) is 19.1 Å². The van der Waals surface area contributed by atoms with Crippen LogP contribution in [0.15, 0.2) is 36.7 Å². The van der Waals surface area contributed by atoms with Crippen LogP contribution in [0.1, 0.15) is 22.0 Å². The minimum Gasteiger partial charge on any atom is -0.343 e. The zero-order valence-corrected chi connectivity index (χ0v) is 13.2. The molecule has 10 nitrogen and oxygen atoms in total. The van der Waals surface area contributed by atoms with Crippen LogP contribution in [0.4, 0.5) is 0 Å². The van der Waals surface area contributed by atoms with E-state index in [9.17, 15) is 4.79 Å². The lowest BCUT2D eigenvalue weighted by Crippen LogP contribution is -2.24. The van der Waals surface area contributed by atoms with Crippen molar-refractivity contribution in [2.75, 3.05) is 0 Å². The maximum atomic E-state index is 12.3. The summed E-state index contributed by atoms with van der Waals surface area (Å²) in [6.45, 7) is 1.95. The van der Waals surface area contributed by atoms with E-state index in [0.29, 0.717) is 11.5 Å². The molecule has 124 valence electrons. The summed E-state index contributed by atoms with van der Waals surface area (Å²) in [6.07, 6.45) is 3.50. The van der Waals surface area contributed by atoms with Gasteiger partial charge in [0.05, 0.1) is 17.9 Å². The predicted molar refractivity (Wildman–Crippen MR) is 86.7 cm³/mol. The molecule has 0 aliphatic carbocycles. The van der Waals surface area contributed by atoms with E-state index in [1.165, 1.54) is 0 Å². The Morgan fingerprint density at radius 1 is 1.28 bits per heavy atom. The molecule has 1 amide bonds. The first-order valence-corrected chi connectivity index (χ1v) is 7.50. The highest BCUT2D eigenvalue weighted by molar-refractivity contribution is 5.94. The number of amides is 1. The Labute approximate surface area is 141 Å². The zero-order chi connectivity index (χ0) is 17.2. The largest absolute Gasteiger partial charge is 0.343 e. The normalized spacial score (nSPS) is 10.9. The number of hydrogen-bond acceptors (Lipinski definition) is 7. The molecule has 0 unspecified atom stereocenters. The van der Waals surface area contributed by atoms with Gasteiger partial charge in [-0.2, -0.15) is 5.21 Å². The number of rotatable bonds is 4. The molecule has 0 aliphatic rings. The molecule has 4 rings (SSSR count). The van der Waals surface area contributed by atoms with E-state index in [0.717, 1.165) is 16.5 Å². The van der Waals surface area contributed by atoms with Gasteiger partial charge in [0, 0.05) is 23.2 Å². The zero-order valence-electron chi connectivity index (χ0n) is 13.2. The molecule has 0 bridgehead atoms. The number of pyridine rings is 1. The Hall–Kier alpha value is -3.69. The van der Waals surface area contributed by atoms with Gasteiger partial charge in [-0.1, -0.05) is 22.6 Å². The van der Waals surface area contributed by atoms with Crippen molar-refractivity contribution >= 4 is 16.7 Å². The van der Waals surface area contributed by atoms with Gasteiger partial charge in [0.2, 0.25) is 0 Å². The average molecular weight is 335 g/mol. The van der Waals surface area contributed by atoms with E-state index in [2.05, 4.69) is 41.2 Å². The van der Waals surface area contributed by atoms with Gasteiger partial charge in [-0.25, -0.2) is 4.68 Å². The van der Waals surface area contributed by atoms with Crippen molar-refractivity contribution in [1.29, 1.82) is 0 Å².